The van der Waals surface area contributed by atoms with Crippen molar-refractivity contribution in [2.45, 2.75) is 26.2 Å². The molecule has 0 amide bonds. The van der Waals surface area contributed by atoms with Gasteiger partial charge in [0.15, 0.2) is 5.96 Å². The maximum absolute atomic E-state index is 5.08. The van der Waals surface area contributed by atoms with Crippen LogP contribution in [0, 0.1) is 6.92 Å². The predicted octanol–water partition coefficient (Wildman–Crippen LogP) is 2.85. The van der Waals surface area contributed by atoms with E-state index in [9.17, 15) is 0 Å². The molecule has 5 nitrogen and oxygen atoms in total. The van der Waals surface area contributed by atoms with E-state index in [2.05, 4.69) is 65.7 Å². The number of benzene rings is 1. The summed E-state index contributed by atoms with van der Waals surface area (Å²) in [4.78, 5) is 6.60. The maximum atomic E-state index is 5.08. The second-order valence-electron chi connectivity index (χ2n) is 6.34. The molecule has 1 aromatic rings. The van der Waals surface area contributed by atoms with Crippen LogP contribution in [0.5, 0.6) is 0 Å². The molecule has 0 aliphatic carbocycles. The van der Waals surface area contributed by atoms with Crippen LogP contribution >= 0.6 is 24.0 Å². The Morgan fingerprint density at radius 3 is 2.48 bits per heavy atom. The molecule has 2 N–H and O–H groups in total. The summed E-state index contributed by atoms with van der Waals surface area (Å²) in [6, 6.07) is 8.73. The van der Waals surface area contributed by atoms with E-state index in [1.807, 2.05) is 7.05 Å². The Bertz CT molecular complexity index is 479. The van der Waals surface area contributed by atoms with Crippen molar-refractivity contribution in [3.8, 4) is 0 Å². The summed E-state index contributed by atoms with van der Waals surface area (Å²) >= 11 is 0. The van der Waals surface area contributed by atoms with Gasteiger partial charge in [-0.25, -0.2) is 0 Å². The Hall–Kier alpha value is -0.860. The van der Waals surface area contributed by atoms with Crippen LogP contribution in [-0.4, -0.2) is 64.9 Å². The van der Waals surface area contributed by atoms with Crippen molar-refractivity contribution in [2.75, 3.05) is 54.0 Å². The number of hydrogen-bond donors (Lipinski definition) is 2. The number of halogens is 1. The van der Waals surface area contributed by atoms with Gasteiger partial charge in [0.2, 0.25) is 0 Å². The molecule has 0 bridgehead atoms. The summed E-state index contributed by atoms with van der Waals surface area (Å²) in [5.41, 5.74) is 2.65. The number of hydrogen-bond acceptors (Lipinski definition) is 3. The van der Waals surface area contributed by atoms with Gasteiger partial charge in [0.05, 0.1) is 0 Å². The van der Waals surface area contributed by atoms with Crippen LogP contribution in [0.2, 0.25) is 0 Å². The largest absolute Gasteiger partial charge is 0.385 e. The van der Waals surface area contributed by atoms with E-state index in [4.69, 9.17) is 4.74 Å². The summed E-state index contributed by atoms with van der Waals surface area (Å²) in [5.74, 6) is 1.31. The average Bonchev–Trinajstić information content (AvgIpc) is 2.58. The van der Waals surface area contributed by atoms with E-state index in [0.29, 0.717) is 5.92 Å². The minimum Gasteiger partial charge on any atom is -0.385 e. The zero-order valence-corrected chi connectivity index (χ0v) is 18.7. The van der Waals surface area contributed by atoms with Crippen LogP contribution in [0.15, 0.2) is 29.3 Å². The summed E-state index contributed by atoms with van der Waals surface area (Å²) < 4.78 is 5.08. The number of aryl methyl sites for hydroxylation is 1. The van der Waals surface area contributed by atoms with Crippen LogP contribution in [0.1, 0.15) is 30.4 Å². The highest BCUT2D eigenvalue weighted by molar-refractivity contribution is 14.0. The molecule has 0 aromatic heterocycles. The van der Waals surface area contributed by atoms with Crippen molar-refractivity contribution < 1.29 is 4.74 Å². The van der Waals surface area contributed by atoms with Gasteiger partial charge in [-0.3, -0.25) is 4.99 Å². The lowest BCUT2D eigenvalue weighted by atomic mass is 10.0. The van der Waals surface area contributed by atoms with Gasteiger partial charge in [-0.2, -0.15) is 0 Å². The molecule has 25 heavy (non-hydrogen) atoms. The van der Waals surface area contributed by atoms with E-state index < -0.39 is 0 Å². The second-order valence-corrected chi connectivity index (χ2v) is 6.34. The first-order valence-corrected chi connectivity index (χ1v) is 8.75. The quantitative estimate of drug-likeness (QED) is 0.243. The fourth-order valence-corrected chi connectivity index (χ4v) is 2.44. The average molecular weight is 462 g/mol. The topological polar surface area (TPSA) is 48.9 Å². The summed E-state index contributed by atoms with van der Waals surface area (Å²) in [7, 11) is 5.69. The van der Waals surface area contributed by atoms with Crippen molar-refractivity contribution in [1.29, 1.82) is 0 Å². The Morgan fingerprint density at radius 2 is 1.88 bits per heavy atom. The zero-order valence-electron chi connectivity index (χ0n) is 16.3. The molecule has 1 atom stereocenters. The molecule has 0 spiro atoms. The summed E-state index contributed by atoms with van der Waals surface area (Å²) in [5, 5.41) is 6.78. The third kappa shape index (κ3) is 10.7. The number of rotatable bonds is 10. The van der Waals surface area contributed by atoms with Gasteiger partial charge in [-0.1, -0.05) is 36.8 Å². The van der Waals surface area contributed by atoms with Crippen molar-refractivity contribution in [3.05, 3.63) is 35.4 Å². The zero-order chi connectivity index (χ0) is 17.8. The molecule has 1 rings (SSSR count). The van der Waals surface area contributed by atoms with Gasteiger partial charge in [-0.15, -0.1) is 24.0 Å². The van der Waals surface area contributed by atoms with Gasteiger partial charge in [-0.05, 0) is 31.9 Å². The van der Waals surface area contributed by atoms with Crippen LogP contribution in [0.25, 0.3) is 0 Å². The van der Waals surface area contributed by atoms with E-state index in [1.54, 1.807) is 7.11 Å². The highest BCUT2D eigenvalue weighted by Crippen LogP contribution is 2.14. The van der Waals surface area contributed by atoms with Gasteiger partial charge in [0, 0.05) is 46.9 Å². The van der Waals surface area contributed by atoms with Crippen molar-refractivity contribution in [3.63, 3.8) is 0 Å². The van der Waals surface area contributed by atoms with E-state index in [0.717, 1.165) is 45.2 Å². The molecule has 144 valence electrons. The third-order valence-electron chi connectivity index (χ3n) is 4.12. The number of likely N-dealkylation sites (N-methyl/N-ethyl adjacent to an activating group) is 1. The van der Waals surface area contributed by atoms with Gasteiger partial charge in [0.25, 0.3) is 0 Å². The molecule has 0 aliphatic rings. The number of nitrogens with one attached hydrogen (secondary N) is 2. The molecule has 0 heterocycles. The fraction of sp³-hybridized carbons (Fsp3) is 0.632. The van der Waals surface area contributed by atoms with Crippen LogP contribution in [0.3, 0.4) is 0 Å². The molecule has 1 aromatic carbocycles. The Balaban J connectivity index is 0.00000576. The number of methoxy groups -OCH3 is 1. The molecule has 0 radical (unpaired) electrons. The number of nitrogens with zero attached hydrogens (tertiary/aromatic N) is 2. The molecular weight excluding hydrogens is 427 g/mol. The van der Waals surface area contributed by atoms with E-state index in [-0.39, 0.29) is 24.0 Å². The van der Waals surface area contributed by atoms with Crippen molar-refractivity contribution >= 4 is 29.9 Å². The van der Waals surface area contributed by atoms with Crippen LogP contribution in [-0.2, 0) is 4.74 Å². The van der Waals surface area contributed by atoms with Gasteiger partial charge < -0.3 is 20.3 Å². The lowest BCUT2D eigenvalue weighted by Gasteiger charge is -2.19. The minimum atomic E-state index is 0. The highest BCUT2D eigenvalue weighted by atomic mass is 127. The highest BCUT2D eigenvalue weighted by Gasteiger charge is 2.06. The number of ether oxygens (including phenoxy) is 1. The predicted molar refractivity (Wildman–Crippen MR) is 118 cm³/mol. The lowest BCUT2D eigenvalue weighted by molar-refractivity contribution is 0.180. The SMILES string of the molecule is CN=C(NCCN(C)CCCOC)NCC(C)c1ccc(C)cc1.I. The number of guanidine groups is 1. The first-order chi connectivity index (χ1) is 11.6. The molecule has 0 aliphatic heterocycles. The third-order valence-corrected chi connectivity index (χ3v) is 4.12. The Labute approximate surface area is 170 Å². The summed E-state index contributed by atoms with van der Waals surface area (Å²) in [6.45, 7) is 8.94. The first kappa shape index (κ1) is 24.1. The number of aliphatic imine (C=N–C) groups is 1. The molecule has 0 fully saturated rings. The Morgan fingerprint density at radius 1 is 1.20 bits per heavy atom. The summed E-state index contributed by atoms with van der Waals surface area (Å²) in [6.07, 6.45) is 1.06. The maximum Gasteiger partial charge on any atom is 0.191 e. The normalized spacial score (nSPS) is 12.6. The molecule has 1 unspecified atom stereocenters. The standard InChI is InChI=1S/C19H34N4O.HI/c1-16-7-9-18(10-8-16)17(2)15-22-19(20-3)21-11-13-23(4)12-6-14-24-5;/h7-10,17H,6,11-15H2,1-5H3,(H2,20,21,22);1H. The van der Waals surface area contributed by atoms with Crippen LogP contribution in [0.4, 0.5) is 0 Å². The van der Waals surface area contributed by atoms with Crippen molar-refractivity contribution in [2.24, 2.45) is 4.99 Å². The van der Waals surface area contributed by atoms with Gasteiger partial charge in [0.1, 0.15) is 0 Å². The minimum absolute atomic E-state index is 0. The first-order valence-electron chi connectivity index (χ1n) is 8.75. The van der Waals surface area contributed by atoms with E-state index in [1.165, 1.54) is 11.1 Å². The molecular formula is C19H35IN4O. The van der Waals surface area contributed by atoms with Crippen LogP contribution < -0.4 is 10.6 Å². The fourth-order valence-electron chi connectivity index (χ4n) is 2.44. The monoisotopic (exact) mass is 462 g/mol. The smallest absolute Gasteiger partial charge is 0.191 e. The van der Waals surface area contributed by atoms with Gasteiger partial charge >= 0.3 is 0 Å². The molecule has 0 saturated carbocycles. The molecule has 6 heteroatoms. The van der Waals surface area contributed by atoms with E-state index >= 15 is 0 Å². The Kier molecular flexibility index (Phi) is 13.8. The second kappa shape index (κ2) is 14.3. The van der Waals surface area contributed by atoms with Crippen molar-refractivity contribution in [1.82, 2.24) is 15.5 Å². The lowest BCUT2D eigenvalue weighted by Crippen LogP contribution is -2.42. The molecule has 0 saturated heterocycles.